The predicted molar refractivity (Wildman–Crippen MR) is 84.4 cm³/mol. The maximum absolute atomic E-state index is 11.3. The SMILES string of the molecule is C=C(C)C(=O)OCCNC(=O)OCCCCOOC(C)(C)Br. The van der Waals surface area contributed by atoms with Crippen molar-refractivity contribution in [3.05, 3.63) is 12.2 Å². The summed E-state index contributed by atoms with van der Waals surface area (Å²) in [6.07, 6.45) is 0.807. The molecule has 0 bridgehead atoms. The minimum atomic E-state index is -0.551. The van der Waals surface area contributed by atoms with Crippen LogP contribution in [0.1, 0.15) is 33.6 Å². The summed E-state index contributed by atoms with van der Waals surface area (Å²) in [6.45, 7) is 9.58. The molecule has 0 aromatic carbocycles. The van der Waals surface area contributed by atoms with Crippen LogP contribution in [0.15, 0.2) is 12.2 Å². The number of carbonyl (C=O) groups is 2. The van der Waals surface area contributed by atoms with Crippen molar-refractivity contribution in [2.75, 3.05) is 26.4 Å². The molecule has 0 spiro atoms. The number of ether oxygens (including phenoxy) is 2. The Labute approximate surface area is 139 Å². The summed E-state index contributed by atoms with van der Waals surface area (Å²) in [4.78, 5) is 32.3. The highest BCUT2D eigenvalue weighted by atomic mass is 79.9. The zero-order chi connectivity index (χ0) is 17.0. The molecule has 0 aliphatic heterocycles. The number of amides is 1. The third-order valence-electron chi connectivity index (χ3n) is 2.07. The number of carbonyl (C=O) groups excluding carboxylic acids is 2. The molecule has 1 amide bonds. The zero-order valence-electron chi connectivity index (χ0n) is 13.3. The summed E-state index contributed by atoms with van der Waals surface area (Å²) in [6, 6.07) is 0. The fourth-order valence-corrected chi connectivity index (χ4v) is 1.17. The summed E-state index contributed by atoms with van der Waals surface area (Å²) in [7, 11) is 0. The molecule has 0 fully saturated rings. The van der Waals surface area contributed by atoms with E-state index in [1.807, 2.05) is 13.8 Å². The van der Waals surface area contributed by atoms with E-state index in [1.165, 1.54) is 0 Å². The molecule has 0 rings (SSSR count). The molecule has 0 saturated heterocycles. The molecule has 0 aliphatic rings. The molecule has 0 radical (unpaired) electrons. The average molecular weight is 382 g/mol. The van der Waals surface area contributed by atoms with Crippen molar-refractivity contribution in [3.63, 3.8) is 0 Å². The van der Waals surface area contributed by atoms with Crippen LogP contribution in [-0.4, -0.2) is 42.9 Å². The van der Waals surface area contributed by atoms with Crippen LogP contribution in [0.2, 0.25) is 0 Å². The van der Waals surface area contributed by atoms with E-state index < -0.39 is 16.6 Å². The smallest absolute Gasteiger partial charge is 0.407 e. The minimum absolute atomic E-state index is 0.0777. The molecule has 0 unspecified atom stereocenters. The van der Waals surface area contributed by atoms with Gasteiger partial charge in [0.1, 0.15) is 6.61 Å². The third kappa shape index (κ3) is 13.8. The average Bonchev–Trinajstić information content (AvgIpc) is 2.40. The summed E-state index contributed by atoms with van der Waals surface area (Å²) < 4.78 is 9.22. The Kier molecular flexibility index (Phi) is 10.9. The Hall–Kier alpha value is -1.12. The van der Waals surface area contributed by atoms with Crippen LogP contribution in [0.3, 0.4) is 0 Å². The van der Waals surface area contributed by atoms with Gasteiger partial charge in [-0.2, -0.15) is 0 Å². The van der Waals surface area contributed by atoms with Gasteiger partial charge in [0.2, 0.25) is 0 Å². The lowest BCUT2D eigenvalue weighted by atomic mass is 10.3. The standard InChI is InChI=1S/C14H24BrNO6/c1-11(2)12(17)19-10-7-16-13(18)20-8-5-6-9-21-22-14(3,4)15/h1,5-10H2,2-4H3,(H,16,18). The summed E-state index contributed by atoms with van der Waals surface area (Å²) in [5.41, 5.74) is 0.317. The largest absolute Gasteiger partial charge is 0.460 e. The second-order valence-electron chi connectivity index (χ2n) is 4.95. The molecule has 7 nitrogen and oxygen atoms in total. The van der Waals surface area contributed by atoms with E-state index in [-0.39, 0.29) is 19.8 Å². The number of esters is 1. The van der Waals surface area contributed by atoms with Gasteiger partial charge in [0.15, 0.2) is 4.51 Å². The fraction of sp³-hybridized carbons (Fsp3) is 0.714. The fourth-order valence-electron chi connectivity index (χ4n) is 1.08. The van der Waals surface area contributed by atoms with Crippen molar-refractivity contribution in [1.82, 2.24) is 5.32 Å². The molecule has 1 N–H and O–H groups in total. The maximum atomic E-state index is 11.3. The van der Waals surface area contributed by atoms with Gasteiger partial charge in [0.05, 0.1) is 19.8 Å². The van der Waals surface area contributed by atoms with E-state index in [4.69, 9.17) is 19.2 Å². The first kappa shape index (κ1) is 20.9. The monoisotopic (exact) mass is 381 g/mol. The van der Waals surface area contributed by atoms with E-state index in [1.54, 1.807) is 6.92 Å². The highest BCUT2D eigenvalue weighted by Gasteiger charge is 2.13. The van der Waals surface area contributed by atoms with Gasteiger partial charge in [-0.05, 0) is 33.6 Å². The van der Waals surface area contributed by atoms with Crippen molar-refractivity contribution >= 4 is 28.0 Å². The van der Waals surface area contributed by atoms with Gasteiger partial charge in [-0.3, -0.25) is 0 Å². The first-order valence-electron chi connectivity index (χ1n) is 6.95. The number of nitrogens with one attached hydrogen (secondary N) is 1. The van der Waals surface area contributed by atoms with Gasteiger partial charge < -0.3 is 14.8 Å². The van der Waals surface area contributed by atoms with Crippen LogP contribution >= 0.6 is 15.9 Å². The number of alkyl carbamates (subject to hydrolysis) is 1. The van der Waals surface area contributed by atoms with E-state index >= 15 is 0 Å². The van der Waals surface area contributed by atoms with Gasteiger partial charge in [-0.15, -0.1) is 0 Å². The van der Waals surface area contributed by atoms with Crippen molar-refractivity contribution in [2.24, 2.45) is 0 Å². The van der Waals surface area contributed by atoms with Crippen molar-refractivity contribution < 1.29 is 28.8 Å². The summed E-state index contributed by atoms with van der Waals surface area (Å²) >= 11 is 3.27. The van der Waals surface area contributed by atoms with Gasteiger partial charge in [0.25, 0.3) is 0 Å². The van der Waals surface area contributed by atoms with E-state index in [9.17, 15) is 9.59 Å². The number of alkyl halides is 1. The van der Waals surface area contributed by atoms with Crippen LogP contribution in [0, 0.1) is 0 Å². The molecule has 22 heavy (non-hydrogen) atoms. The Morgan fingerprint density at radius 1 is 1.14 bits per heavy atom. The van der Waals surface area contributed by atoms with Crippen molar-refractivity contribution in [3.8, 4) is 0 Å². The Morgan fingerprint density at radius 3 is 2.36 bits per heavy atom. The molecular weight excluding hydrogens is 358 g/mol. The summed E-state index contributed by atoms with van der Waals surface area (Å²) in [5.74, 6) is -0.482. The molecule has 128 valence electrons. The normalized spacial score (nSPS) is 10.9. The lowest BCUT2D eigenvalue weighted by molar-refractivity contribution is -0.326. The maximum Gasteiger partial charge on any atom is 0.407 e. The molecule has 8 heteroatoms. The van der Waals surface area contributed by atoms with Crippen LogP contribution in [-0.2, 0) is 24.0 Å². The second-order valence-corrected chi connectivity index (χ2v) is 6.86. The second kappa shape index (κ2) is 11.4. The Balaban J connectivity index is 3.40. The first-order valence-corrected chi connectivity index (χ1v) is 7.74. The molecule has 0 heterocycles. The number of unbranched alkanes of at least 4 members (excludes halogenated alkanes) is 1. The van der Waals surface area contributed by atoms with Crippen LogP contribution in [0.4, 0.5) is 4.79 Å². The highest BCUT2D eigenvalue weighted by molar-refractivity contribution is 9.10. The van der Waals surface area contributed by atoms with Crippen LogP contribution < -0.4 is 5.32 Å². The summed E-state index contributed by atoms with van der Waals surface area (Å²) in [5, 5.41) is 2.47. The van der Waals surface area contributed by atoms with Crippen LogP contribution in [0.25, 0.3) is 0 Å². The lowest BCUT2D eigenvalue weighted by Crippen LogP contribution is -2.29. The minimum Gasteiger partial charge on any atom is -0.460 e. The van der Waals surface area contributed by atoms with Gasteiger partial charge in [0, 0.05) is 5.57 Å². The molecule has 0 aromatic heterocycles. The molecule has 0 aromatic rings. The number of hydrogen-bond acceptors (Lipinski definition) is 6. The number of rotatable bonds is 11. The number of hydrogen-bond donors (Lipinski definition) is 1. The van der Waals surface area contributed by atoms with Gasteiger partial charge in [-0.1, -0.05) is 22.5 Å². The van der Waals surface area contributed by atoms with E-state index in [0.29, 0.717) is 25.0 Å². The third-order valence-corrected chi connectivity index (χ3v) is 2.20. The van der Waals surface area contributed by atoms with Gasteiger partial charge in [-0.25, -0.2) is 19.4 Å². The van der Waals surface area contributed by atoms with Crippen LogP contribution in [0.5, 0.6) is 0 Å². The Morgan fingerprint density at radius 2 is 1.77 bits per heavy atom. The topological polar surface area (TPSA) is 83.1 Å². The Bertz CT molecular complexity index is 367. The van der Waals surface area contributed by atoms with E-state index in [2.05, 4.69) is 27.8 Å². The molecule has 0 saturated carbocycles. The first-order chi connectivity index (χ1) is 10.2. The van der Waals surface area contributed by atoms with Crippen molar-refractivity contribution in [1.29, 1.82) is 0 Å². The van der Waals surface area contributed by atoms with Gasteiger partial charge >= 0.3 is 12.1 Å². The molecular formula is C14H24BrNO6. The van der Waals surface area contributed by atoms with Crippen molar-refractivity contribution in [2.45, 2.75) is 38.1 Å². The lowest BCUT2D eigenvalue weighted by Gasteiger charge is -2.15. The predicted octanol–water partition coefficient (Wildman–Crippen LogP) is 2.69. The van der Waals surface area contributed by atoms with E-state index in [0.717, 1.165) is 0 Å². The zero-order valence-corrected chi connectivity index (χ0v) is 14.9. The molecule has 0 aliphatic carbocycles. The molecule has 0 atom stereocenters. The highest BCUT2D eigenvalue weighted by Crippen LogP contribution is 2.17. The number of halogens is 1. The quantitative estimate of drug-likeness (QED) is 0.148.